The van der Waals surface area contributed by atoms with Gasteiger partial charge in [-0.15, -0.1) is 5.10 Å². The monoisotopic (exact) mass is 199 g/mol. The smallest absolute Gasteiger partial charge is 0.0893 e. The second-order valence-corrected chi connectivity index (χ2v) is 4.19. The van der Waals surface area contributed by atoms with Crippen LogP contribution >= 0.6 is 11.5 Å². The number of nitrogens with zero attached hydrogens (tertiary/aromatic N) is 2. The van der Waals surface area contributed by atoms with Crippen LogP contribution in [0.2, 0.25) is 0 Å². The SMILES string of the molecule is OC1(CNCc2csnn2)CCC1. The highest BCUT2D eigenvalue weighted by Crippen LogP contribution is 2.30. The molecule has 0 unspecified atom stereocenters. The summed E-state index contributed by atoms with van der Waals surface area (Å²) in [6, 6.07) is 0. The molecule has 0 aliphatic heterocycles. The van der Waals surface area contributed by atoms with Crippen molar-refractivity contribution >= 4 is 11.5 Å². The molecule has 0 bridgehead atoms. The van der Waals surface area contributed by atoms with Gasteiger partial charge in [-0.1, -0.05) is 4.49 Å². The third-order valence-electron chi connectivity index (χ3n) is 2.45. The Bertz CT molecular complexity index is 258. The number of rotatable bonds is 4. The molecular weight excluding hydrogens is 186 g/mol. The number of hydrogen-bond donors (Lipinski definition) is 2. The van der Waals surface area contributed by atoms with E-state index in [2.05, 4.69) is 14.9 Å². The van der Waals surface area contributed by atoms with Crippen LogP contribution in [0.4, 0.5) is 0 Å². The Balaban J connectivity index is 1.69. The highest BCUT2D eigenvalue weighted by atomic mass is 32.1. The maximum absolute atomic E-state index is 9.74. The molecule has 0 radical (unpaired) electrons. The zero-order valence-electron chi connectivity index (χ0n) is 7.36. The molecule has 1 saturated carbocycles. The van der Waals surface area contributed by atoms with Crippen molar-refractivity contribution in [3.63, 3.8) is 0 Å². The van der Waals surface area contributed by atoms with Crippen LogP contribution in [0.1, 0.15) is 25.0 Å². The standard InChI is InChI=1S/C8H13N3OS/c12-8(2-1-3-8)6-9-4-7-5-13-11-10-7/h5,9,12H,1-4,6H2. The zero-order chi connectivity index (χ0) is 9.15. The van der Waals surface area contributed by atoms with Crippen LogP contribution in [0.5, 0.6) is 0 Å². The average Bonchev–Trinajstić information content (AvgIpc) is 2.54. The molecule has 0 spiro atoms. The Hall–Kier alpha value is -0.520. The zero-order valence-corrected chi connectivity index (χ0v) is 8.18. The minimum Gasteiger partial charge on any atom is -0.389 e. The van der Waals surface area contributed by atoms with Crippen molar-refractivity contribution in [2.45, 2.75) is 31.4 Å². The predicted octanol–water partition coefficient (Wildman–Crippen LogP) is 0.543. The van der Waals surface area contributed by atoms with Gasteiger partial charge in [-0.3, -0.25) is 0 Å². The van der Waals surface area contributed by atoms with Crippen LogP contribution in [0, 0.1) is 0 Å². The number of nitrogens with one attached hydrogen (secondary N) is 1. The van der Waals surface area contributed by atoms with Crippen LogP contribution in [0.15, 0.2) is 5.38 Å². The van der Waals surface area contributed by atoms with Gasteiger partial charge in [-0.2, -0.15) is 0 Å². The minimum absolute atomic E-state index is 0.441. The molecule has 1 fully saturated rings. The molecule has 13 heavy (non-hydrogen) atoms. The van der Waals surface area contributed by atoms with Gasteiger partial charge in [0.05, 0.1) is 11.3 Å². The molecule has 2 N–H and O–H groups in total. The van der Waals surface area contributed by atoms with E-state index in [4.69, 9.17) is 0 Å². The normalized spacial score (nSPS) is 19.8. The molecule has 0 saturated heterocycles. The molecule has 0 amide bonds. The van der Waals surface area contributed by atoms with E-state index in [1.807, 2.05) is 5.38 Å². The van der Waals surface area contributed by atoms with E-state index in [9.17, 15) is 5.11 Å². The quantitative estimate of drug-likeness (QED) is 0.743. The summed E-state index contributed by atoms with van der Waals surface area (Å²) in [6.07, 6.45) is 3.00. The molecule has 1 aliphatic carbocycles. The molecule has 0 aromatic carbocycles. The van der Waals surface area contributed by atoms with Crippen LogP contribution in [-0.4, -0.2) is 26.8 Å². The fourth-order valence-corrected chi connectivity index (χ4v) is 1.90. The van der Waals surface area contributed by atoms with Crippen molar-refractivity contribution < 1.29 is 5.11 Å². The van der Waals surface area contributed by atoms with Gasteiger partial charge in [0, 0.05) is 18.5 Å². The van der Waals surface area contributed by atoms with Crippen molar-refractivity contribution in [2.75, 3.05) is 6.54 Å². The molecule has 72 valence electrons. The predicted molar refractivity (Wildman–Crippen MR) is 50.4 cm³/mol. The lowest BCUT2D eigenvalue weighted by molar-refractivity contribution is -0.0315. The minimum atomic E-state index is -0.441. The highest BCUT2D eigenvalue weighted by molar-refractivity contribution is 7.03. The van der Waals surface area contributed by atoms with Crippen LogP contribution in [0.3, 0.4) is 0 Å². The lowest BCUT2D eigenvalue weighted by atomic mass is 9.80. The van der Waals surface area contributed by atoms with Gasteiger partial charge in [0.1, 0.15) is 0 Å². The van der Waals surface area contributed by atoms with Gasteiger partial charge in [-0.05, 0) is 30.8 Å². The molecule has 2 rings (SSSR count). The van der Waals surface area contributed by atoms with Gasteiger partial charge in [0.2, 0.25) is 0 Å². The molecule has 0 atom stereocenters. The third-order valence-corrected chi connectivity index (χ3v) is 3.00. The Morgan fingerprint density at radius 1 is 1.62 bits per heavy atom. The first-order valence-electron chi connectivity index (χ1n) is 4.48. The second kappa shape index (κ2) is 3.69. The number of aliphatic hydroxyl groups is 1. The Labute approximate surface area is 81.1 Å². The van der Waals surface area contributed by atoms with E-state index in [-0.39, 0.29) is 0 Å². The van der Waals surface area contributed by atoms with Crippen molar-refractivity contribution in [2.24, 2.45) is 0 Å². The average molecular weight is 199 g/mol. The number of aromatic nitrogens is 2. The largest absolute Gasteiger partial charge is 0.389 e. The van der Waals surface area contributed by atoms with Crippen LogP contribution in [0.25, 0.3) is 0 Å². The van der Waals surface area contributed by atoms with Crippen LogP contribution in [-0.2, 0) is 6.54 Å². The maximum Gasteiger partial charge on any atom is 0.0893 e. The first-order valence-corrected chi connectivity index (χ1v) is 5.31. The van der Waals surface area contributed by atoms with E-state index in [1.54, 1.807) is 0 Å². The van der Waals surface area contributed by atoms with E-state index in [1.165, 1.54) is 11.5 Å². The molecule has 1 aromatic rings. The summed E-state index contributed by atoms with van der Waals surface area (Å²) in [5.74, 6) is 0. The third kappa shape index (κ3) is 2.24. The summed E-state index contributed by atoms with van der Waals surface area (Å²) in [5.41, 5.74) is 0.511. The molecule has 1 heterocycles. The second-order valence-electron chi connectivity index (χ2n) is 3.58. The first kappa shape index (κ1) is 9.05. The fourth-order valence-electron chi connectivity index (χ4n) is 1.45. The Morgan fingerprint density at radius 3 is 3.00 bits per heavy atom. The van der Waals surface area contributed by atoms with Crippen molar-refractivity contribution in [1.29, 1.82) is 0 Å². The Morgan fingerprint density at radius 2 is 2.46 bits per heavy atom. The van der Waals surface area contributed by atoms with Gasteiger partial charge in [-0.25, -0.2) is 0 Å². The van der Waals surface area contributed by atoms with Gasteiger partial charge in [0.15, 0.2) is 0 Å². The maximum atomic E-state index is 9.74. The lowest BCUT2D eigenvalue weighted by Gasteiger charge is -2.36. The summed E-state index contributed by atoms with van der Waals surface area (Å²) >= 11 is 1.35. The molecular formula is C8H13N3OS. The topological polar surface area (TPSA) is 58.0 Å². The van der Waals surface area contributed by atoms with E-state index >= 15 is 0 Å². The van der Waals surface area contributed by atoms with Gasteiger partial charge < -0.3 is 10.4 Å². The van der Waals surface area contributed by atoms with E-state index in [0.29, 0.717) is 13.1 Å². The molecule has 5 heteroatoms. The Kier molecular flexibility index (Phi) is 2.57. The van der Waals surface area contributed by atoms with Crippen molar-refractivity contribution in [3.8, 4) is 0 Å². The van der Waals surface area contributed by atoms with Gasteiger partial charge in [0.25, 0.3) is 0 Å². The summed E-state index contributed by atoms with van der Waals surface area (Å²) in [4.78, 5) is 0. The fraction of sp³-hybridized carbons (Fsp3) is 0.750. The molecule has 1 aromatic heterocycles. The highest BCUT2D eigenvalue weighted by Gasteiger charge is 2.33. The van der Waals surface area contributed by atoms with E-state index < -0.39 is 5.60 Å². The first-order chi connectivity index (χ1) is 6.29. The van der Waals surface area contributed by atoms with Crippen LogP contribution < -0.4 is 5.32 Å². The molecule has 4 nitrogen and oxygen atoms in total. The van der Waals surface area contributed by atoms with E-state index in [0.717, 1.165) is 25.0 Å². The lowest BCUT2D eigenvalue weighted by Crippen LogP contribution is -2.46. The summed E-state index contributed by atoms with van der Waals surface area (Å²) < 4.78 is 3.76. The molecule has 1 aliphatic rings. The van der Waals surface area contributed by atoms with Gasteiger partial charge >= 0.3 is 0 Å². The summed E-state index contributed by atoms with van der Waals surface area (Å²) in [6.45, 7) is 1.38. The number of hydrogen-bond acceptors (Lipinski definition) is 5. The summed E-state index contributed by atoms with van der Waals surface area (Å²) in [5, 5.41) is 18.7. The summed E-state index contributed by atoms with van der Waals surface area (Å²) in [7, 11) is 0. The van der Waals surface area contributed by atoms with Crippen molar-refractivity contribution in [3.05, 3.63) is 11.1 Å². The van der Waals surface area contributed by atoms with Crippen molar-refractivity contribution in [1.82, 2.24) is 14.9 Å².